The molecule has 1 N–H and O–H groups in total. The van der Waals surface area contributed by atoms with Crippen LogP contribution in [0.4, 0.5) is 0 Å². The number of quaternary nitrogens is 1. The summed E-state index contributed by atoms with van der Waals surface area (Å²) in [6.07, 6.45) is 3.92. The number of rotatable bonds is 5. The highest BCUT2D eigenvalue weighted by atomic mass is 32.1. The Labute approximate surface area is 169 Å². The van der Waals surface area contributed by atoms with E-state index in [-0.39, 0.29) is 0 Å². The monoisotopic (exact) mass is 397 g/mol. The molecule has 1 aromatic carbocycles. The number of nitrogens with zero attached hydrogens (tertiary/aromatic N) is 3. The average molecular weight is 398 g/mol. The van der Waals surface area contributed by atoms with Crippen LogP contribution in [-0.2, 0) is 19.6 Å². The number of fused-ring (bicyclic) bond motifs is 1. The second kappa shape index (κ2) is 7.00. The van der Waals surface area contributed by atoms with Gasteiger partial charge in [-0.25, -0.2) is 0 Å². The molecule has 1 fully saturated rings. The molecule has 27 heavy (non-hydrogen) atoms. The molecule has 0 saturated heterocycles. The molecule has 1 unspecified atom stereocenters. The van der Waals surface area contributed by atoms with Gasteiger partial charge >= 0.3 is 0 Å². The second-order valence-corrected chi connectivity index (χ2v) is 9.01. The minimum absolute atomic E-state index is 0.619. The van der Waals surface area contributed by atoms with Crippen molar-refractivity contribution in [3.05, 3.63) is 57.0 Å². The topological polar surface area (TPSA) is 27.2 Å². The van der Waals surface area contributed by atoms with E-state index in [4.69, 9.17) is 17.3 Å². The Bertz CT molecular complexity index is 997. The van der Waals surface area contributed by atoms with Crippen molar-refractivity contribution >= 4 is 23.6 Å². The molecule has 3 heterocycles. The minimum atomic E-state index is 0.619. The zero-order valence-electron chi connectivity index (χ0n) is 15.6. The van der Waals surface area contributed by atoms with Gasteiger partial charge in [0.2, 0.25) is 4.77 Å². The fourth-order valence-corrected chi connectivity index (χ4v) is 5.75. The van der Waals surface area contributed by atoms with Gasteiger partial charge in [-0.3, -0.25) is 0 Å². The standard InChI is InChI=1S/C21H24N4S2/c1-2-24-20(16-6-4-3-5-7-16)22-25(21(24)26)14-23-12-10-18-17(11-13-27-18)19(23)15-8-9-15/h3-7,11,13,15,19H,2,8-10,12,14H2,1H3/p+1/t19-/m1/s1. The summed E-state index contributed by atoms with van der Waals surface area (Å²) in [5.41, 5.74) is 2.73. The molecule has 3 aromatic rings. The third-order valence-electron chi connectivity index (χ3n) is 5.95. The molecule has 6 heteroatoms. The Balaban J connectivity index is 1.49. The van der Waals surface area contributed by atoms with Gasteiger partial charge in [-0.15, -0.1) is 16.4 Å². The molecule has 140 valence electrons. The minimum Gasteiger partial charge on any atom is -0.310 e. The summed E-state index contributed by atoms with van der Waals surface area (Å²) >= 11 is 7.75. The first-order valence-corrected chi connectivity index (χ1v) is 11.2. The van der Waals surface area contributed by atoms with Crippen molar-refractivity contribution in [1.29, 1.82) is 0 Å². The smallest absolute Gasteiger partial charge is 0.203 e. The van der Waals surface area contributed by atoms with Gasteiger partial charge in [0.25, 0.3) is 0 Å². The molecule has 0 bridgehead atoms. The number of hydrogen-bond donors (Lipinski definition) is 1. The lowest BCUT2D eigenvalue weighted by atomic mass is 9.96. The van der Waals surface area contributed by atoms with Crippen molar-refractivity contribution in [2.24, 2.45) is 5.92 Å². The molecule has 4 nitrogen and oxygen atoms in total. The van der Waals surface area contributed by atoms with Crippen LogP contribution in [-0.4, -0.2) is 20.9 Å². The zero-order valence-corrected chi connectivity index (χ0v) is 17.2. The van der Waals surface area contributed by atoms with Crippen LogP contribution in [0.5, 0.6) is 0 Å². The Morgan fingerprint density at radius 1 is 1.22 bits per heavy atom. The van der Waals surface area contributed by atoms with Crippen LogP contribution in [0.2, 0.25) is 0 Å². The van der Waals surface area contributed by atoms with Crippen LogP contribution in [0.25, 0.3) is 11.4 Å². The molecule has 5 rings (SSSR count). The van der Waals surface area contributed by atoms with Gasteiger partial charge in [0, 0.05) is 34.9 Å². The van der Waals surface area contributed by atoms with Gasteiger partial charge in [0.15, 0.2) is 12.5 Å². The van der Waals surface area contributed by atoms with E-state index in [1.165, 1.54) is 25.8 Å². The van der Waals surface area contributed by atoms with E-state index in [2.05, 4.69) is 51.9 Å². The summed E-state index contributed by atoms with van der Waals surface area (Å²) in [6.45, 7) is 5.03. The second-order valence-electron chi connectivity index (χ2n) is 7.65. The quantitative estimate of drug-likeness (QED) is 0.665. The first-order valence-electron chi connectivity index (χ1n) is 9.90. The van der Waals surface area contributed by atoms with E-state index >= 15 is 0 Å². The van der Waals surface area contributed by atoms with E-state index in [9.17, 15) is 0 Å². The number of benzene rings is 1. The van der Waals surface area contributed by atoms with Crippen molar-refractivity contribution < 1.29 is 4.90 Å². The van der Waals surface area contributed by atoms with Crippen molar-refractivity contribution in [3.8, 4) is 11.4 Å². The van der Waals surface area contributed by atoms with Crippen molar-refractivity contribution in [1.82, 2.24) is 14.3 Å². The summed E-state index contributed by atoms with van der Waals surface area (Å²) < 4.78 is 5.08. The van der Waals surface area contributed by atoms with Crippen LogP contribution < -0.4 is 4.90 Å². The van der Waals surface area contributed by atoms with Crippen LogP contribution >= 0.6 is 23.6 Å². The summed E-state index contributed by atoms with van der Waals surface area (Å²) in [6, 6.07) is 13.4. The third kappa shape index (κ3) is 3.10. The highest BCUT2D eigenvalue weighted by molar-refractivity contribution is 7.71. The number of nitrogens with one attached hydrogen (secondary N) is 1. The molecule has 0 amide bonds. The zero-order chi connectivity index (χ0) is 18.4. The normalized spacial score (nSPS) is 22.0. The molecule has 2 aliphatic rings. The van der Waals surface area contributed by atoms with Crippen LogP contribution in [0.3, 0.4) is 0 Å². The predicted molar refractivity (Wildman–Crippen MR) is 111 cm³/mol. The number of hydrogen-bond acceptors (Lipinski definition) is 3. The molecule has 1 saturated carbocycles. The lowest BCUT2D eigenvalue weighted by Crippen LogP contribution is -3.13. The molecule has 0 radical (unpaired) electrons. The molecular weight excluding hydrogens is 372 g/mol. The fourth-order valence-electron chi connectivity index (χ4n) is 4.50. The van der Waals surface area contributed by atoms with Crippen LogP contribution in [0.1, 0.15) is 36.2 Å². The summed E-state index contributed by atoms with van der Waals surface area (Å²) in [7, 11) is 0. The summed E-state index contributed by atoms with van der Waals surface area (Å²) in [4.78, 5) is 3.23. The maximum absolute atomic E-state index is 5.81. The maximum Gasteiger partial charge on any atom is 0.203 e. The first-order chi connectivity index (χ1) is 13.3. The van der Waals surface area contributed by atoms with Gasteiger partial charge in [-0.1, -0.05) is 30.3 Å². The van der Waals surface area contributed by atoms with Crippen LogP contribution in [0.15, 0.2) is 41.8 Å². The largest absolute Gasteiger partial charge is 0.310 e. The predicted octanol–water partition coefficient (Wildman–Crippen LogP) is 3.71. The molecule has 2 atom stereocenters. The van der Waals surface area contributed by atoms with Crippen molar-refractivity contribution in [2.75, 3.05) is 6.54 Å². The Kier molecular flexibility index (Phi) is 4.50. The van der Waals surface area contributed by atoms with Gasteiger partial charge in [-0.05, 0) is 43.4 Å². The lowest BCUT2D eigenvalue weighted by molar-refractivity contribution is -0.958. The van der Waals surface area contributed by atoms with Crippen LogP contribution in [0, 0.1) is 10.7 Å². The molecule has 1 aliphatic carbocycles. The Hall–Kier alpha value is -1.76. The SMILES string of the molecule is CCn1c(-c2ccccc2)nn(C[NH+]2CCc3sccc3[C@H]2C2CC2)c1=S. The first kappa shape index (κ1) is 17.3. The van der Waals surface area contributed by atoms with E-state index in [1.807, 2.05) is 17.4 Å². The molecule has 0 spiro atoms. The maximum atomic E-state index is 5.81. The number of aromatic nitrogens is 3. The average Bonchev–Trinajstić information content (AvgIpc) is 3.33. The summed E-state index contributed by atoms with van der Waals surface area (Å²) in [5.74, 6) is 1.82. The van der Waals surface area contributed by atoms with Crippen molar-refractivity contribution in [2.45, 2.75) is 45.4 Å². The Morgan fingerprint density at radius 2 is 2.04 bits per heavy atom. The molecule has 2 aromatic heterocycles. The van der Waals surface area contributed by atoms with E-state index in [0.29, 0.717) is 6.04 Å². The highest BCUT2D eigenvalue weighted by Crippen LogP contribution is 2.42. The van der Waals surface area contributed by atoms with E-state index in [0.717, 1.165) is 35.3 Å². The Morgan fingerprint density at radius 3 is 2.78 bits per heavy atom. The van der Waals surface area contributed by atoms with Crippen molar-refractivity contribution in [3.63, 3.8) is 0 Å². The van der Waals surface area contributed by atoms with Gasteiger partial charge < -0.3 is 9.47 Å². The molecule has 1 aliphatic heterocycles. The van der Waals surface area contributed by atoms with E-state index < -0.39 is 0 Å². The fraction of sp³-hybridized carbons (Fsp3) is 0.429. The summed E-state index contributed by atoms with van der Waals surface area (Å²) in [5, 5.41) is 7.23. The third-order valence-corrected chi connectivity index (χ3v) is 7.37. The lowest BCUT2D eigenvalue weighted by Gasteiger charge is -2.32. The van der Waals surface area contributed by atoms with Gasteiger partial charge in [-0.2, -0.15) is 4.68 Å². The number of thiophene rings is 1. The van der Waals surface area contributed by atoms with E-state index in [1.54, 1.807) is 15.3 Å². The van der Waals surface area contributed by atoms with Gasteiger partial charge in [0.1, 0.15) is 6.04 Å². The van der Waals surface area contributed by atoms with Gasteiger partial charge in [0.05, 0.1) is 6.54 Å². The molecular formula is C21H25N4S2+. The highest BCUT2D eigenvalue weighted by Gasteiger charge is 2.43.